The Morgan fingerprint density at radius 3 is 2.37 bits per heavy atom. The lowest BCUT2D eigenvalue weighted by molar-refractivity contribution is 0.0518. The Hall–Kier alpha value is -4.03. The molecular formula is C31H37F2N9O. The van der Waals surface area contributed by atoms with Gasteiger partial charge in [-0.2, -0.15) is 0 Å². The van der Waals surface area contributed by atoms with E-state index in [2.05, 4.69) is 42.1 Å². The number of likely N-dealkylation sites (tertiary alicyclic amines) is 1. The number of fused-ring (bicyclic) bond motifs is 1. The predicted molar refractivity (Wildman–Crippen MR) is 161 cm³/mol. The highest BCUT2D eigenvalue weighted by Crippen LogP contribution is 2.30. The number of nitrogens with one attached hydrogen (secondary N) is 1. The van der Waals surface area contributed by atoms with Crippen LogP contribution in [0.4, 0.5) is 20.5 Å². The first kappa shape index (κ1) is 29.1. The number of benzene rings is 1. The van der Waals surface area contributed by atoms with Gasteiger partial charge in [-0.3, -0.25) is 9.69 Å². The van der Waals surface area contributed by atoms with Crippen molar-refractivity contribution in [3.63, 3.8) is 0 Å². The molecule has 1 amide bonds. The molecular weight excluding hydrogens is 552 g/mol. The SMILES string of the molecule is Cc1nc2c(F)cc(-c3nc(Nc4ccc(C(=O)N5CCC(N6CCN(C)CC6)CC5)cn4)ncc3F)cc2n1C(C)C. The Kier molecular flexibility index (Phi) is 8.06. The third-order valence-corrected chi connectivity index (χ3v) is 8.52. The Labute approximate surface area is 249 Å². The fraction of sp³-hybridized carbons (Fsp3) is 0.452. The van der Waals surface area contributed by atoms with Gasteiger partial charge in [-0.1, -0.05) is 0 Å². The summed E-state index contributed by atoms with van der Waals surface area (Å²) in [7, 11) is 2.16. The third kappa shape index (κ3) is 5.94. The van der Waals surface area contributed by atoms with E-state index in [1.165, 1.54) is 12.3 Å². The van der Waals surface area contributed by atoms with Crippen molar-refractivity contribution in [2.75, 3.05) is 51.6 Å². The second-order valence-corrected chi connectivity index (χ2v) is 11.8. The molecule has 0 unspecified atom stereocenters. The molecule has 5 heterocycles. The van der Waals surface area contributed by atoms with Crippen LogP contribution in [0.25, 0.3) is 22.3 Å². The van der Waals surface area contributed by atoms with Crippen LogP contribution in [-0.4, -0.2) is 97.5 Å². The molecule has 0 bridgehead atoms. The van der Waals surface area contributed by atoms with Gasteiger partial charge in [-0.05, 0) is 64.9 Å². The number of carbonyl (C=O) groups excluding carboxylic acids is 1. The van der Waals surface area contributed by atoms with Gasteiger partial charge in [0.15, 0.2) is 11.6 Å². The van der Waals surface area contributed by atoms with Crippen LogP contribution in [0.2, 0.25) is 0 Å². The standard InChI is InChI=1S/C31H37F2N9O/c1-19(2)42-20(3)36-29-24(32)15-22(16-26(29)42)28-25(33)18-35-31(38-28)37-27-6-5-21(17-34-27)30(43)41-9-7-23(8-10-41)40-13-11-39(4)12-14-40/h5-6,15-19,23H,7-14H2,1-4H3,(H,34,35,37,38). The van der Waals surface area contributed by atoms with E-state index in [9.17, 15) is 9.18 Å². The molecule has 12 heteroatoms. The summed E-state index contributed by atoms with van der Waals surface area (Å²) in [6.07, 6.45) is 4.52. The number of imidazole rings is 1. The van der Waals surface area contributed by atoms with Gasteiger partial charge in [-0.25, -0.2) is 28.7 Å². The van der Waals surface area contributed by atoms with E-state index < -0.39 is 11.6 Å². The Morgan fingerprint density at radius 1 is 0.953 bits per heavy atom. The van der Waals surface area contributed by atoms with Gasteiger partial charge in [0.2, 0.25) is 5.95 Å². The number of piperidine rings is 1. The zero-order valence-electron chi connectivity index (χ0n) is 25.0. The van der Waals surface area contributed by atoms with Gasteiger partial charge >= 0.3 is 0 Å². The third-order valence-electron chi connectivity index (χ3n) is 8.52. The number of likely N-dealkylation sites (N-methyl/N-ethyl adjacent to an activating group) is 1. The molecule has 3 aromatic heterocycles. The molecule has 2 fully saturated rings. The second-order valence-electron chi connectivity index (χ2n) is 11.8. The van der Waals surface area contributed by atoms with Crippen LogP contribution in [0, 0.1) is 18.6 Å². The van der Waals surface area contributed by atoms with Crippen LogP contribution in [0.15, 0.2) is 36.7 Å². The lowest BCUT2D eigenvalue weighted by Crippen LogP contribution is -2.52. The van der Waals surface area contributed by atoms with Crippen LogP contribution in [0.1, 0.15) is 48.9 Å². The summed E-state index contributed by atoms with van der Waals surface area (Å²) in [6.45, 7) is 11.6. The van der Waals surface area contributed by atoms with E-state index in [1.807, 2.05) is 30.2 Å². The molecule has 0 radical (unpaired) electrons. The number of carbonyl (C=O) groups is 1. The fourth-order valence-electron chi connectivity index (χ4n) is 6.20. The molecule has 2 aliphatic heterocycles. The van der Waals surface area contributed by atoms with Gasteiger partial charge in [0.1, 0.15) is 22.9 Å². The minimum atomic E-state index is -0.679. The van der Waals surface area contributed by atoms with Crippen molar-refractivity contribution in [1.82, 2.24) is 39.2 Å². The van der Waals surface area contributed by atoms with Gasteiger partial charge in [-0.15, -0.1) is 0 Å². The number of hydrogen-bond acceptors (Lipinski definition) is 8. The van der Waals surface area contributed by atoms with Crippen LogP contribution in [-0.2, 0) is 0 Å². The van der Waals surface area contributed by atoms with Crippen LogP contribution in [0.5, 0.6) is 0 Å². The van der Waals surface area contributed by atoms with Gasteiger partial charge in [0.25, 0.3) is 5.91 Å². The Morgan fingerprint density at radius 2 is 1.70 bits per heavy atom. The average molecular weight is 590 g/mol. The van der Waals surface area contributed by atoms with Crippen LogP contribution >= 0.6 is 0 Å². The number of amides is 1. The molecule has 6 rings (SSSR count). The topological polar surface area (TPSA) is 95.3 Å². The predicted octanol–water partition coefficient (Wildman–Crippen LogP) is 4.65. The van der Waals surface area contributed by atoms with E-state index in [4.69, 9.17) is 0 Å². The summed E-state index contributed by atoms with van der Waals surface area (Å²) in [5, 5.41) is 2.97. The van der Waals surface area contributed by atoms with E-state index in [0.717, 1.165) is 58.3 Å². The first-order chi connectivity index (χ1) is 20.7. The highest BCUT2D eigenvalue weighted by molar-refractivity contribution is 5.94. The molecule has 0 atom stereocenters. The largest absolute Gasteiger partial charge is 0.338 e. The molecule has 0 aliphatic carbocycles. The summed E-state index contributed by atoms with van der Waals surface area (Å²) in [6, 6.07) is 6.89. The number of anilines is 2. The van der Waals surface area contributed by atoms with Gasteiger partial charge in [0.05, 0.1) is 17.3 Å². The van der Waals surface area contributed by atoms with Crippen molar-refractivity contribution in [1.29, 1.82) is 0 Å². The lowest BCUT2D eigenvalue weighted by atomic mass is 10.0. The van der Waals surface area contributed by atoms with Crippen molar-refractivity contribution in [2.45, 2.75) is 45.7 Å². The van der Waals surface area contributed by atoms with Gasteiger partial charge < -0.3 is 19.7 Å². The van der Waals surface area contributed by atoms with Crippen LogP contribution in [0.3, 0.4) is 0 Å². The number of halogens is 2. The highest BCUT2D eigenvalue weighted by atomic mass is 19.1. The number of aryl methyl sites for hydroxylation is 1. The normalized spacial score (nSPS) is 17.2. The molecule has 226 valence electrons. The maximum Gasteiger partial charge on any atom is 0.255 e. The fourth-order valence-corrected chi connectivity index (χ4v) is 6.20. The minimum Gasteiger partial charge on any atom is -0.338 e. The Bertz CT molecular complexity index is 1620. The summed E-state index contributed by atoms with van der Waals surface area (Å²) in [4.78, 5) is 37.1. The first-order valence-electron chi connectivity index (χ1n) is 14.8. The lowest BCUT2D eigenvalue weighted by Gasteiger charge is -2.42. The number of pyridine rings is 1. The quantitative estimate of drug-likeness (QED) is 0.347. The monoisotopic (exact) mass is 589 g/mol. The number of aromatic nitrogens is 5. The van der Waals surface area contributed by atoms with E-state index in [0.29, 0.717) is 28.8 Å². The zero-order valence-corrected chi connectivity index (χ0v) is 25.0. The molecule has 4 aromatic rings. The van der Waals surface area contributed by atoms with Crippen molar-refractivity contribution >= 4 is 28.7 Å². The number of nitrogens with zero attached hydrogens (tertiary/aromatic N) is 8. The molecule has 0 saturated carbocycles. The molecule has 2 saturated heterocycles. The van der Waals surface area contributed by atoms with Gasteiger partial charge in [0, 0.05) is 63.1 Å². The van der Waals surface area contributed by atoms with Crippen molar-refractivity contribution < 1.29 is 13.6 Å². The maximum atomic E-state index is 15.0. The molecule has 2 aliphatic rings. The zero-order chi connectivity index (χ0) is 30.2. The number of piperazine rings is 1. The van der Waals surface area contributed by atoms with Crippen molar-refractivity contribution in [2.24, 2.45) is 0 Å². The van der Waals surface area contributed by atoms with E-state index >= 15 is 4.39 Å². The highest BCUT2D eigenvalue weighted by Gasteiger charge is 2.29. The van der Waals surface area contributed by atoms with E-state index in [-0.39, 0.29) is 34.7 Å². The Balaban J connectivity index is 1.14. The first-order valence-corrected chi connectivity index (χ1v) is 14.8. The van der Waals surface area contributed by atoms with Crippen molar-refractivity contribution in [3.05, 3.63) is 59.7 Å². The van der Waals surface area contributed by atoms with E-state index in [1.54, 1.807) is 18.2 Å². The summed E-state index contributed by atoms with van der Waals surface area (Å²) in [5.74, 6) is -0.0878. The molecule has 43 heavy (non-hydrogen) atoms. The number of hydrogen-bond donors (Lipinski definition) is 1. The van der Waals surface area contributed by atoms with Crippen LogP contribution < -0.4 is 5.32 Å². The smallest absolute Gasteiger partial charge is 0.255 e. The molecule has 1 aromatic carbocycles. The molecule has 0 spiro atoms. The average Bonchev–Trinajstić information content (AvgIpc) is 3.35. The second kappa shape index (κ2) is 11.9. The molecule has 10 nitrogen and oxygen atoms in total. The maximum absolute atomic E-state index is 15.0. The van der Waals surface area contributed by atoms with Crippen molar-refractivity contribution in [3.8, 4) is 11.3 Å². The number of rotatable bonds is 6. The molecule has 1 N–H and O–H groups in total. The summed E-state index contributed by atoms with van der Waals surface area (Å²) < 4.78 is 31.8. The summed E-state index contributed by atoms with van der Waals surface area (Å²) >= 11 is 0. The summed E-state index contributed by atoms with van der Waals surface area (Å²) in [5.41, 5.74) is 1.55. The minimum absolute atomic E-state index is 0.0375.